The quantitative estimate of drug-likeness (QED) is 0.671. The zero-order chi connectivity index (χ0) is 17.5. The second-order valence-electron chi connectivity index (χ2n) is 8.62. The van der Waals surface area contributed by atoms with Crippen molar-refractivity contribution in [2.24, 2.45) is 11.8 Å². The van der Waals surface area contributed by atoms with Crippen molar-refractivity contribution in [1.29, 1.82) is 0 Å². The molecule has 0 spiro atoms. The molecule has 2 bridgehead atoms. The van der Waals surface area contributed by atoms with Gasteiger partial charge in [0.15, 0.2) is 0 Å². The summed E-state index contributed by atoms with van der Waals surface area (Å²) in [6, 6.07) is 16.5. The summed E-state index contributed by atoms with van der Waals surface area (Å²) in [4.78, 5) is 2.78. The molecule has 2 saturated carbocycles. The number of piperidine rings is 1. The van der Waals surface area contributed by atoms with Crippen LogP contribution in [0.25, 0.3) is 11.1 Å². The monoisotopic (exact) mass is 349 g/mol. The van der Waals surface area contributed by atoms with E-state index in [0.29, 0.717) is 5.92 Å². The molecule has 5 rings (SSSR count). The molecule has 2 aromatic rings. The molecule has 2 heteroatoms. The molecule has 136 valence electrons. The highest BCUT2D eigenvalue weighted by Crippen LogP contribution is 2.48. The molecule has 0 N–H and O–H groups in total. The molecule has 26 heavy (non-hydrogen) atoms. The summed E-state index contributed by atoms with van der Waals surface area (Å²) >= 11 is 0. The van der Waals surface area contributed by atoms with Crippen molar-refractivity contribution >= 4 is 0 Å². The van der Waals surface area contributed by atoms with Crippen molar-refractivity contribution < 1.29 is 4.39 Å². The second-order valence-corrected chi connectivity index (χ2v) is 8.62. The summed E-state index contributed by atoms with van der Waals surface area (Å²) in [6.45, 7) is 2.42. The van der Waals surface area contributed by atoms with E-state index in [2.05, 4.69) is 23.1 Å². The molecule has 0 radical (unpaired) electrons. The summed E-state index contributed by atoms with van der Waals surface area (Å²) in [5, 5.41) is 0. The predicted molar refractivity (Wildman–Crippen MR) is 105 cm³/mol. The molecule has 0 amide bonds. The number of hydrogen-bond acceptors (Lipinski definition) is 1. The Morgan fingerprint density at radius 3 is 2.19 bits per heavy atom. The van der Waals surface area contributed by atoms with Crippen molar-refractivity contribution in [3.05, 3.63) is 59.9 Å². The van der Waals surface area contributed by atoms with Crippen LogP contribution in [0.3, 0.4) is 0 Å². The number of rotatable bonds is 3. The van der Waals surface area contributed by atoms with Crippen LogP contribution in [0.1, 0.15) is 50.0 Å². The number of fused-ring (bicyclic) bond motifs is 2. The molecule has 2 aliphatic carbocycles. The molecular weight excluding hydrogens is 321 g/mol. The predicted octanol–water partition coefficient (Wildman–Crippen LogP) is 5.86. The molecule has 1 heterocycles. The minimum atomic E-state index is -0.112. The molecule has 3 aliphatic rings. The largest absolute Gasteiger partial charge is 0.300 e. The first-order chi connectivity index (χ1) is 12.8. The third-order valence-electron chi connectivity index (χ3n) is 7.26. The highest BCUT2D eigenvalue weighted by molar-refractivity contribution is 5.68. The molecule has 0 aromatic heterocycles. The van der Waals surface area contributed by atoms with Crippen LogP contribution in [0.4, 0.5) is 4.39 Å². The third-order valence-corrected chi connectivity index (χ3v) is 7.26. The summed E-state index contributed by atoms with van der Waals surface area (Å²) in [7, 11) is 0. The molecule has 2 unspecified atom stereocenters. The van der Waals surface area contributed by atoms with Crippen LogP contribution in [-0.4, -0.2) is 24.0 Å². The number of likely N-dealkylation sites (tertiary alicyclic amines) is 1. The van der Waals surface area contributed by atoms with Crippen LogP contribution in [0.2, 0.25) is 0 Å². The van der Waals surface area contributed by atoms with Crippen LogP contribution >= 0.6 is 0 Å². The van der Waals surface area contributed by atoms with Crippen LogP contribution in [0, 0.1) is 17.7 Å². The average Bonchev–Trinajstić information content (AvgIpc) is 3.32. The van der Waals surface area contributed by atoms with Gasteiger partial charge in [-0.2, -0.15) is 0 Å². The van der Waals surface area contributed by atoms with E-state index in [0.717, 1.165) is 29.0 Å². The van der Waals surface area contributed by atoms with Crippen molar-refractivity contribution in [3.63, 3.8) is 0 Å². The Morgan fingerprint density at radius 2 is 1.50 bits per heavy atom. The molecule has 3 fully saturated rings. The van der Waals surface area contributed by atoms with Crippen molar-refractivity contribution in [3.8, 4) is 11.1 Å². The summed E-state index contributed by atoms with van der Waals surface area (Å²) < 4.78 is 14.4. The van der Waals surface area contributed by atoms with E-state index in [1.807, 2.05) is 18.2 Å². The first kappa shape index (κ1) is 16.5. The average molecular weight is 349 g/mol. The third kappa shape index (κ3) is 2.89. The Bertz CT molecular complexity index is 777. The van der Waals surface area contributed by atoms with Crippen molar-refractivity contribution in [1.82, 2.24) is 4.90 Å². The highest BCUT2D eigenvalue weighted by atomic mass is 19.1. The Balaban J connectivity index is 1.34. The van der Waals surface area contributed by atoms with Gasteiger partial charge in [0.05, 0.1) is 0 Å². The molecule has 1 nitrogen and oxygen atoms in total. The standard InChI is InChI=1S/C24H28FN/c25-23-8-4-3-7-22(23)21-6-2-1-5-20(21)18-11-13-26(14-12-18)24-16-17-9-10-19(24)15-17/h1-8,17-19,24H,9-16H2/t17?,19?,24-/m0/s1. The van der Waals surface area contributed by atoms with Crippen LogP contribution in [0.15, 0.2) is 48.5 Å². The van der Waals surface area contributed by atoms with E-state index >= 15 is 0 Å². The number of benzene rings is 2. The van der Waals surface area contributed by atoms with Gasteiger partial charge < -0.3 is 4.90 Å². The first-order valence-corrected chi connectivity index (χ1v) is 10.4. The maximum Gasteiger partial charge on any atom is 0.131 e. The number of nitrogens with zero attached hydrogens (tertiary/aromatic N) is 1. The minimum Gasteiger partial charge on any atom is -0.300 e. The first-order valence-electron chi connectivity index (χ1n) is 10.4. The van der Waals surface area contributed by atoms with Crippen LogP contribution in [-0.2, 0) is 0 Å². The van der Waals surface area contributed by atoms with Gasteiger partial charge in [-0.3, -0.25) is 0 Å². The molecule has 1 aliphatic heterocycles. The lowest BCUT2D eigenvalue weighted by Gasteiger charge is -2.40. The second kappa shape index (κ2) is 6.81. The van der Waals surface area contributed by atoms with Crippen molar-refractivity contribution in [2.75, 3.05) is 13.1 Å². The van der Waals surface area contributed by atoms with E-state index in [4.69, 9.17) is 0 Å². The van der Waals surface area contributed by atoms with Gasteiger partial charge in [0.1, 0.15) is 5.82 Å². The maximum atomic E-state index is 14.4. The lowest BCUT2D eigenvalue weighted by molar-refractivity contribution is 0.111. The lowest BCUT2D eigenvalue weighted by atomic mass is 9.83. The van der Waals surface area contributed by atoms with Crippen LogP contribution in [0.5, 0.6) is 0 Å². The number of halogens is 1. The molecule has 1 saturated heterocycles. The smallest absolute Gasteiger partial charge is 0.131 e. The Labute approximate surface area is 156 Å². The number of hydrogen-bond donors (Lipinski definition) is 0. The fourth-order valence-electron chi connectivity index (χ4n) is 5.98. The van der Waals surface area contributed by atoms with E-state index in [1.54, 1.807) is 12.1 Å². The minimum absolute atomic E-state index is 0.112. The van der Waals surface area contributed by atoms with Gasteiger partial charge in [0, 0.05) is 11.6 Å². The fourth-order valence-corrected chi connectivity index (χ4v) is 5.98. The fraction of sp³-hybridized carbons (Fsp3) is 0.500. The van der Waals surface area contributed by atoms with Gasteiger partial charge >= 0.3 is 0 Å². The molecular formula is C24H28FN. The Morgan fingerprint density at radius 1 is 0.769 bits per heavy atom. The topological polar surface area (TPSA) is 3.24 Å². The highest BCUT2D eigenvalue weighted by Gasteiger charge is 2.42. The normalized spacial score (nSPS) is 29.3. The van der Waals surface area contributed by atoms with Gasteiger partial charge in [0.2, 0.25) is 0 Å². The Kier molecular flexibility index (Phi) is 4.32. The van der Waals surface area contributed by atoms with Crippen LogP contribution < -0.4 is 0 Å². The summed E-state index contributed by atoms with van der Waals surface area (Å²) in [5.41, 5.74) is 3.17. The summed E-state index contributed by atoms with van der Waals surface area (Å²) in [6.07, 6.45) is 8.29. The van der Waals surface area contributed by atoms with Gasteiger partial charge in [-0.15, -0.1) is 0 Å². The zero-order valence-corrected chi connectivity index (χ0v) is 15.4. The van der Waals surface area contributed by atoms with E-state index < -0.39 is 0 Å². The van der Waals surface area contributed by atoms with E-state index in [9.17, 15) is 4.39 Å². The summed E-state index contributed by atoms with van der Waals surface area (Å²) in [5.74, 6) is 2.44. The van der Waals surface area contributed by atoms with Gasteiger partial charge in [-0.1, -0.05) is 48.9 Å². The van der Waals surface area contributed by atoms with E-state index in [1.165, 1.54) is 57.2 Å². The maximum absolute atomic E-state index is 14.4. The zero-order valence-electron chi connectivity index (χ0n) is 15.4. The molecule has 2 aromatic carbocycles. The van der Waals surface area contributed by atoms with Gasteiger partial charge in [-0.05, 0) is 80.1 Å². The van der Waals surface area contributed by atoms with Gasteiger partial charge in [-0.25, -0.2) is 4.39 Å². The van der Waals surface area contributed by atoms with Crippen molar-refractivity contribution in [2.45, 2.75) is 50.5 Å². The lowest BCUT2D eigenvalue weighted by Crippen LogP contribution is -2.43. The molecule has 3 atom stereocenters. The SMILES string of the molecule is Fc1ccccc1-c1ccccc1C1CCN([C@H]2CC3CCC2C3)CC1. The van der Waals surface area contributed by atoms with E-state index in [-0.39, 0.29) is 5.82 Å². The van der Waals surface area contributed by atoms with Gasteiger partial charge in [0.25, 0.3) is 0 Å². The Hall–Kier alpha value is -1.67.